The molecule has 0 aromatic carbocycles. The molecule has 5 nitrogen and oxygen atoms in total. The van der Waals surface area contributed by atoms with Gasteiger partial charge in [0.05, 0.1) is 18.9 Å². The summed E-state index contributed by atoms with van der Waals surface area (Å²) in [4.78, 5) is 0. The molecule has 0 spiro atoms. The van der Waals surface area contributed by atoms with Gasteiger partial charge in [-0.1, -0.05) is 5.21 Å². The van der Waals surface area contributed by atoms with Crippen LogP contribution in [0, 0.1) is 0 Å². The minimum absolute atomic E-state index is 0.331. The average molecular weight is 182 g/mol. The Morgan fingerprint density at radius 3 is 3.00 bits per heavy atom. The summed E-state index contributed by atoms with van der Waals surface area (Å²) in [5, 5.41) is 7.74. The summed E-state index contributed by atoms with van der Waals surface area (Å²) >= 11 is 0. The Bertz CT molecular complexity index is 279. The molecule has 5 heteroatoms. The number of nitrogens with two attached hydrogens (primary N) is 1. The molecule has 1 saturated carbocycles. The highest BCUT2D eigenvalue weighted by Crippen LogP contribution is 2.21. The fourth-order valence-electron chi connectivity index (χ4n) is 1.41. The van der Waals surface area contributed by atoms with Gasteiger partial charge in [-0.3, -0.25) is 4.68 Å². The number of aryl methyl sites for hydroxylation is 1. The fraction of sp³-hybridized carbons (Fsp3) is 0.750. The number of hydrogen-bond acceptors (Lipinski definition) is 4. The molecule has 0 unspecified atom stereocenters. The van der Waals surface area contributed by atoms with Gasteiger partial charge in [0.25, 0.3) is 0 Å². The van der Waals surface area contributed by atoms with Gasteiger partial charge in [0.2, 0.25) is 0 Å². The second-order valence-electron chi connectivity index (χ2n) is 3.55. The standard InChI is InChI=1S/C8H14N4O/c1-12-4-7(10-11-12)5-13-8-2-6(9)3-8/h4,6,8H,2-3,5,9H2,1H3. The lowest BCUT2D eigenvalue weighted by Crippen LogP contribution is -2.41. The highest BCUT2D eigenvalue weighted by Gasteiger charge is 2.26. The zero-order chi connectivity index (χ0) is 9.26. The van der Waals surface area contributed by atoms with E-state index in [4.69, 9.17) is 10.5 Å². The minimum Gasteiger partial charge on any atom is -0.372 e. The smallest absolute Gasteiger partial charge is 0.108 e. The van der Waals surface area contributed by atoms with Gasteiger partial charge in [-0.25, -0.2) is 0 Å². The van der Waals surface area contributed by atoms with Crippen LogP contribution in [-0.2, 0) is 18.4 Å². The van der Waals surface area contributed by atoms with Crippen molar-refractivity contribution in [2.45, 2.75) is 31.6 Å². The molecule has 0 bridgehead atoms. The van der Waals surface area contributed by atoms with Crippen molar-refractivity contribution in [2.24, 2.45) is 12.8 Å². The number of nitrogens with zero attached hydrogens (tertiary/aromatic N) is 3. The third kappa shape index (κ3) is 2.05. The van der Waals surface area contributed by atoms with Crippen molar-refractivity contribution in [3.8, 4) is 0 Å². The summed E-state index contributed by atoms with van der Waals surface area (Å²) in [5.41, 5.74) is 6.51. The predicted molar refractivity (Wildman–Crippen MR) is 46.8 cm³/mol. The molecular weight excluding hydrogens is 168 g/mol. The molecule has 0 atom stereocenters. The molecule has 1 aliphatic carbocycles. The average Bonchev–Trinajstić information content (AvgIpc) is 2.43. The third-order valence-corrected chi connectivity index (χ3v) is 2.25. The number of aromatic nitrogens is 3. The lowest BCUT2D eigenvalue weighted by Gasteiger charge is -2.31. The zero-order valence-corrected chi connectivity index (χ0v) is 7.68. The van der Waals surface area contributed by atoms with Gasteiger partial charge in [-0.2, -0.15) is 0 Å². The van der Waals surface area contributed by atoms with Crippen molar-refractivity contribution in [3.05, 3.63) is 11.9 Å². The molecular formula is C8H14N4O. The van der Waals surface area contributed by atoms with E-state index in [2.05, 4.69) is 10.3 Å². The first-order valence-electron chi connectivity index (χ1n) is 4.46. The largest absolute Gasteiger partial charge is 0.372 e. The minimum atomic E-state index is 0.331. The van der Waals surface area contributed by atoms with Crippen molar-refractivity contribution in [1.29, 1.82) is 0 Å². The number of hydrogen-bond donors (Lipinski definition) is 1. The highest BCUT2D eigenvalue weighted by molar-refractivity contribution is 4.90. The Balaban J connectivity index is 1.74. The van der Waals surface area contributed by atoms with Crippen LogP contribution in [0.3, 0.4) is 0 Å². The maximum absolute atomic E-state index is 5.63. The molecule has 13 heavy (non-hydrogen) atoms. The first-order chi connectivity index (χ1) is 6.24. The van der Waals surface area contributed by atoms with Gasteiger partial charge in [0.15, 0.2) is 0 Å². The van der Waals surface area contributed by atoms with Gasteiger partial charge in [-0.15, -0.1) is 5.10 Å². The van der Waals surface area contributed by atoms with E-state index in [1.54, 1.807) is 4.68 Å². The van der Waals surface area contributed by atoms with Gasteiger partial charge >= 0.3 is 0 Å². The van der Waals surface area contributed by atoms with Gasteiger partial charge in [0, 0.05) is 13.1 Å². The summed E-state index contributed by atoms with van der Waals surface area (Å²) in [6.07, 6.45) is 4.14. The summed E-state index contributed by atoms with van der Waals surface area (Å²) in [7, 11) is 1.84. The van der Waals surface area contributed by atoms with Crippen LogP contribution in [0.15, 0.2) is 6.20 Å². The highest BCUT2D eigenvalue weighted by atomic mass is 16.5. The van der Waals surface area contributed by atoms with E-state index in [0.29, 0.717) is 18.8 Å². The summed E-state index contributed by atoms with van der Waals surface area (Å²) in [6.45, 7) is 0.547. The van der Waals surface area contributed by atoms with Crippen molar-refractivity contribution < 1.29 is 4.74 Å². The Hall–Kier alpha value is -0.940. The van der Waals surface area contributed by atoms with E-state index in [9.17, 15) is 0 Å². The zero-order valence-electron chi connectivity index (χ0n) is 7.68. The summed E-state index contributed by atoms with van der Waals surface area (Å²) < 4.78 is 7.22. The second-order valence-corrected chi connectivity index (χ2v) is 3.55. The third-order valence-electron chi connectivity index (χ3n) is 2.25. The molecule has 0 saturated heterocycles. The monoisotopic (exact) mass is 182 g/mol. The van der Waals surface area contributed by atoms with Crippen molar-refractivity contribution in [2.75, 3.05) is 0 Å². The van der Waals surface area contributed by atoms with Gasteiger partial charge in [0.1, 0.15) is 5.69 Å². The first-order valence-corrected chi connectivity index (χ1v) is 4.46. The van der Waals surface area contributed by atoms with Crippen LogP contribution in [0.4, 0.5) is 0 Å². The predicted octanol–water partition coefficient (Wildman–Crippen LogP) is -0.179. The normalized spacial score (nSPS) is 27.2. The molecule has 0 amide bonds. The van der Waals surface area contributed by atoms with E-state index in [0.717, 1.165) is 18.5 Å². The van der Waals surface area contributed by atoms with E-state index in [1.165, 1.54) is 0 Å². The SMILES string of the molecule is Cn1cc(COC2CC(N)C2)nn1. The van der Waals surface area contributed by atoms with Crippen LogP contribution in [-0.4, -0.2) is 27.1 Å². The quantitative estimate of drug-likeness (QED) is 0.704. The molecule has 0 radical (unpaired) electrons. The Morgan fingerprint density at radius 2 is 2.46 bits per heavy atom. The summed E-state index contributed by atoms with van der Waals surface area (Å²) in [6, 6.07) is 0.340. The molecule has 1 fully saturated rings. The maximum Gasteiger partial charge on any atom is 0.108 e. The molecule has 72 valence electrons. The molecule has 2 N–H and O–H groups in total. The molecule has 1 aromatic heterocycles. The van der Waals surface area contributed by atoms with Crippen LogP contribution in [0.2, 0.25) is 0 Å². The van der Waals surface area contributed by atoms with Crippen LogP contribution in [0.25, 0.3) is 0 Å². The molecule has 0 aliphatic heterocycles. The Kier molecular flexibility index (Phi) is 2.28. The van der Waals surface area contributed by atoms with Crippen LogP contribution >= 0.6 is 0 Å². The van der Waals surface area contributed by atoms with Crippen LogP contribution < -0.4 is 5.73 Å². The van der Waals surface area contributed by atoms with Crippen LogP contribution in [0.1, 0.15) is 18.5 Å². The molecule has 2 rings (SSSR count). The van der Waals surface area contributed by atoms with Crippen molar-refractivity contribution in [3.63, 3.8) is 0 Å². The summed E-state index contributed by atoms with van der Waals surface area (Å²) in [5.74, 6) is 0. The van der Waals surface area contributed by atoms with E-state index in [-0.39, 0.29) is 0 Å². The molecule has 1 aliphatic rings. The van der Waals surface area contributed by atoms with E-state index >= 15 is 0 Å². The fourth-order valence-corrected chi connectivity index (χ4v) is 1.41. The first kappa shape index (κ1) is 8.65. The van der Waals surface area contributed by atoms with Crippen molar-refractivity contribution >= 4 is 0 Å². The number of ether oxygens (including phenoxy) is 1. The second kappa shape index (κ2) is 3.43. The molecule has 1 aromatic rings. The topological polar surface area (TPSA) is 66.0 Å². The number of rotatable bonds is 3. The Morgan fingerprint density at radius 1 is 1.69 bits per heavy atom. The maximum atomic E-state index is 5.63. The van der Waals surface area contributed by atoms with Gasteiger partial charge in [-0.05, 0) is 12.8 Å². The van der Waals surface area contributed by atoms with Crippen molar-refractivity contribution in [1.82, 2.24) is 15.0 Å². The lowest BCUT2D eigenvalue weighted by atomic mass is 9.90. The Labute approximate surface area is 76.9 Å². The van der Waals surface area contributed by atoms with Crippen LogP contribution in [0.5, 0.6) is 0 Å². The molecule has 1 heterocycles. The lowest BCUT2D eigenvalue weighted by molar-refractivity contribution is -0.0202. The van der Waals surface area contributed by atoms with E-state index in [1.807, 2.05) is 13.2 Å². The van der Waals surface area contributed by atoms with E-state index < -0.39 is 0 Å². The van der Waals surface area contributed by atoms with Gasteiger partial charge < -0.3 is 10.5 Å².